The van der Waals surface area contributed by atoms with E-state index in [0.717, 1.165) is 24.2 Å². The molecular formula is C14H12ClFN2. The number of benzene rings is 1. The Morgan fingerprint density at radius 3 is 2.78 bits per heavy atom. The van der Waals surface area contributed by atoms with Crippen LogP contribution in [0.1, 0.15) is 30.1 Å². The number of rotatable bonds is 2. The highest BCUT2D eigenvalue weighted by atomic mass is 35.5. The van der Waals surface area contributed by atoms with Gasteiger partial charge in [0, 0.05) is 17.5 Å². The third-order valence-electron chi connectivity index (χ3n) is 3.20. The molecule has 0 aliphatic heterocycles. The summed E-state index contributed by atoms with van der Waals surface area (Å²) in [5.74, 6) is 0.979. The van der Waals surface area contributed by atoms with Crippen molar-refractivity contribution in [3.63, 3.8) is 0 Å². The largest absolute Gasteiger partial charge is 0.232 e. The number of hydrogen-bond donors (Lipinski definition) is 0. The number of hydrogen-bond acceptors (Lipinski definition) is 2. The van der Waals surface area contributed by atoms with Gasteiger partial charge in [-0.25, -0.2) is 14.4 Å². The van der Waals surface area contributed by atoms with Gasteiger partial charge in [0.2, 0.25) is 0 Å². The first-order valence-electron chi connectivity index (χ1n) is 5.95. The highest BCUT2D eigenvalue weighted by Gasteiger charge is 2.27. The van der Waals surface area contributed by atoms with Crippen molar-refractivity contribution in [1.29, 1.82) is 0 Å². The molecule has 1 aliphatic carbocycles. The van der Waals surface area contributed by atoms with Crippen molar-refractivity contribution in [2.75, 3.05) is 0 Å². The Morgan fingerprint density at radius 2 is 2.06 bits per heavy atom. The maximum absolute atomic E-state index is 13.6. The highest BCUT2D eigenvalue weighted by Crippen LogP contribution is 2.39. The maximum Gasteiger partial charge on any atom is 0.133 e. The lowest BCUT2D eigenvalue weighted by atomic mass is 10.1. The Morgan fingerprint density at radius 1 is 1.28 bits per heavy atom. The predicted molar refractivity (Wildman–Crippen MR) is 69.1 cm³/mol. The summed E-state index contributed by atoms with van der Waals surface area (Å²) in [5.41, 5.74) is 2.07. The van der Waals surface area contributed by atoms with E-state index in [4.69, 9.17) is 11.6 Å². The van der Waals surface area contributed by atoms with E-state index in [1.165, 1.54) is 6.07 Å². The van der Waals surface area contributed by atoms with Gasteiger partial charge in [-0.2, -0.15) is 0 Å². The molecule has 4 heteroatoms. The SMILES string of the molecule is Cc1c(F)cccc1-c1cc(Cl)nc(C2CC2)n1. The lowest BCUT2D eigenvalue weighted by Gasteiger charge is -2.08. The molecule has 2 nitrogen and oxygen atoms in total. The fourth-order valence-corrected chi connectivity index (χ4v) is 2.17. The van der Waals surface area contributed by atoms with Gasteiger partial charge in [0.05, 0.1) is 5.69 Å². The molecule has 0 saturated heterocycles. The Bertz CT molecular complexity index is 609. The Kier molecular flexibility index (Phi) is 2.78. The molecule has 0 N–H and O–H groups in total. The second-order valence-electron chi connectivity index (χ2n) is 4.62. The van der Waals surface area contributed by atoms with Crippen LogP contribution in [0.3, 0.4) is 0 Å². The first-order chi connectivity index (χ1) is 8.65. The number of nitrogens with zero attached hydrogens (tertiary/aromatic N) is 2. The Labute approximate surface area is 110 Å². The van der Waals surface area contributed by atoms with E-state index in [1.54, 1.807) is 19.1 Å². The summed E-state index contributed by atoms with van der Waals surface area (Å²) in [4.78, 5) is 8.74. The fraction of sp³-hybridized carbons (Fsp3) is 0.286. The quantitative estimate of drug-likeness (QED) is 0.761. The van der Waals surface area contributed by atoms with Crippen LogP contribution in [-0.2, 0) is 0 Å². The molecule has 0 unspecified atom stereocenters. The smallest absolute Gasteiger partial charge is 0.133 e. The van der Waals surface area contributed by atoms with Gasteiger partial charge < -0.3 is 0 Å². The second kappa shape index (κ2) is 4.32. The summed E-state index contributed by atoms with van der Waals surface area (Å²) in [5, 5.41) is 0.422. The summed E-state index contributed by atoms with van der Waals surface area (Å²) < 4.78 is 13.6. The van der Waals surface area contributed by atoms with Gasteiger partial charge >= 0.3 is 0 Å². The van der Waals surface area contributed by atoms with Crippen molar-refractivity contribution in [1.82, 2.24) is 9.97 Å². The summed E-state index contributed by atoms with van der Waals surface area (Å²) in [7, 11) is 0. The molecular weight excluding hydrogens is 251 g/mol. The zero-order valence-electron chi connectivity index (χ0n) is 9.95. The lowest BCUT2D eigenvalue weighted by Crippen LogP contribution is -1.97. The van der Waals surface area contributed by atoms with Crippen LogP contribution in [0.4, 0.5) is 4.39 Å². The van der Waals surface area contributed by atoms with E-state index in [2.05, 4.69) is 9.97 Å². The van der Waals surface area contributed by atoms with Crippen LogP contribution in [0.5, 0.6) is 0 Å². The minimum absolute atomic E-state index is 0.227. The zero-order valence-corrected chi connectivity index (χ0v) is 10.7. The van der Waals surface area contributed by atoms with Crippen LogP contribution in [0.2, 0.25) is 5.15 Å². The van der Waals surface area contributed by atoms with E-state index >= 15 is 0 Å². The first-order valence-corrected chi connectivity index (χ1v) is 6.33. The first kappa shape index (κ1) is 11.6. The van der Waals surface area contributed by atoms with Crippen LogP contribution in [0.15, 0.2) is 24.3 Å². The predicted octanol–water partition coefficient (Wildman–Crippen LogP) is 4.12. The van der Waals surface area contributed by atoms with Crippen molar-refractivity contribution in [2.45, 2.75) is 25.7 Å². The van der Waals surface area contributed by atoms with Crippen LogP contribution in [0, 0.1) is 12.7 Å². The lowest BCUT2D eigenvalue weighted by molar-refractivity contribution is 0.619. The molecule has 1 aromatic heterocycles. The average Bonchev–Trinajstić information content (AvgIpc) is 3.16. The molecule has 2 aromatic rings. The fourth-order valence-electron chi connectivity index (χ4n) is 1.98. The van der Waals surface area contributed by atoms with Gasteiger partial charge in [-0.3, -0.25) is 0 Å². The maximum atomic E-state index is 13.6. The van der Waals surface area contributed by atoms with Gasteiger partial charge in [0.25, 0.3) is 0 Å². The monoisotopic (exact) mass is 262 g/mol. The second-order valence-corrected chi connectivity index (χ2v) is 5.01. The average molecular weight is 263 g/mol. The van der Waals surface area contributed by atoms with Crippen LogP contribution < -0.4 is 0 Å². The Balaban J connectivity index is 2.13. The van der Waals surface area contributed by atoms with Gasteiger partial charge in [0.1, 0.15) is 16.8 Å². The summed E-state index contributed by atoms with van der Waals surface area (Å²) in [6.07, 6.45) is 2.23. The molecule has 0 bridgehead atoms. The normalized spacial score (nSPS) is 14.8. The highest BCUT2D eigenvalue weighted by molar-refractivity contribution is 6.29. The molecule has 0 spiro atoms. The van der Waals surface area contributed by atoms with E-state index in [9.17, 15) is 4.39 Å². The molecule has 92 valence electrons. The third-order valence-corrected chi connectivity index (χ3v) is 3.39. The molecule has 1 saturated carbocycles. The van der Waals surface area contributed by atoms with Gasteiger partial charge in [-0.15, -0.1) is 0 Å². The molecule has 1 aliphatic rings. The molecule has 1 heterocycles. The van der Waals surface area contributed by atoms with Gasteiger partial charge in [-0.05, 0) is 31.4 Å². The van der Waals surface area contributed by atoms with E-state index < -0.39 is 0 Å². The van der Waals surface area contributed by atoms with E-state index in [-0.39, 0.29) is 5.82 Å². The van der Waals surface area contributed by atoms with Crippen molar-refractivity contribution >= 4 is 11.6 Å². The number of halogens is 2. The van der Waals surface area contributed by atoms with Crippen molar-refractivity contribution < 1.29 is 4.39 Å². The van der Waals surface area contributed by atoms with E-state index in [0.29, 0.717) is 22.3 Å². The molecule has 18 heavy (non-hydrogen) atoms. The molecule has 3 rings (SSSR count). The van der Waals surface area contributed by atoms with Crippen molar-refractivity contribution in [2.24, 2.45) is 0 Å². The zero-order chi connectivity index (χ0) is 12.7. The molecule has 0 radical (unpaired) electrons. The topological polar surface area (TPSA) is 25.8 Å². The van der Waals surface area contributed by atoms with Gasteiger partial charge in [-0.1, -0.05) is 23.7 Å². The van der Waals surface area contributed by atoms with Crippen LogP contribution >= 0.6 is 11.6 Å². The van der Waals surface area contributed by atoms with Gasteiger partial charge in [0.15, 0.2) is 0 Å². The van der Waals surface area contributed by atoms with Crippen LogP contribution in [-0.4, -0.2) is 9.97 Å². The Hall–Kier alpha value is -1.48. The summed E-state index contributed by atoms with van der Waals surface area (Å²) >= 11 is 6.02. The molecule has 0 atom stereocenters. The standard InChI is InChI=1S/C14H12ClFN2/c1-8-10(3-2-4-11(8)16)12-7-13(15)18-14(17-12)9-5-6-9/h2-4,7,9H,5-6H2,1H3. The van der Waals surface area contributed by atoms with E-state index in [1.807, 2.05) is 6.07 Å². The molecule has 1 aromatic carbocycles. The summed E-state index contributed by atoms with van der Waals surface area (Å²) in [6.45, 7) is 1.75. The van der Waals surface area contributed by atoms with Crippen molar-refractivity contribution in [3.8, 4) is 11.3 Å². The third kappa shape index (κ3) is 2.10. The summed E-state index contributed by atoms with van der Waals surface area (Å²) in [6, 6.07) is 6.68. The van der Waals surface area contributed by atoms with Crippen LogP contribution in [0.25, 0.3) is 11.3 Å². The number of aromatic nitrogens is 2. The minimum atomic E-state index is -0.227. The molecule has 0 amide bonds. The van der Waals surface area contributed by atoms with Crippen molar-refractivity contribution in [3.05, 3.63) is 46.6 Å². The minimum Gasteiger partial charge on any atom is -0.232 e. The molecule has 1 fully saturated rings.